The lowest BCUT2D eigenvalue weighted by atomic mass is 9.83. The Morgan fingerprint density at radius 2 is 0.857 bits per heavy atom. The molecule has 0 spiro atoms. The number of nitrogens with one attached hydrogen (secondary N) is 3. The number of aliphatic hydroxyl groups is 9. The summed E-state index contributed by atoms with van der Waals surface area (Å²) in [5, 5.41) is 123. The van der Waals surface area contributed by atoms with E-state index in [1.54, 1.807) is 12.4 Å². The summed E-state index contributed by atoms with van der Waals surface area (Å²) in [4.78, 5) is 44.5. The van der Waals surface area contributed by atoms with E-state index in [0.29, 0.717) is 24.4 Å². The quantitative estimate of drug-likeness (QED) is 0.0185. The van der Waals surface area contributed by atoms with Crippen LogP contribution in [0.2, 0.25) is 0 Å². The Morgan fingerprint density at radius 3 is 1.29 bits per heavy atom. The summed E-state index contributed by atoms with van der Waals surface area (Å²) in [5.74, 6) is -0.394. The minimum atomic E-state index is -1.41. The highest BCUT2D eigenvalue weighted by Crippen LogP contribution is 2.44. The van der Waals surface area contributed by atoms with Gasteiger partial charge in [-0.1, -0.05) is 15.6 Å². The smallest absolute Gasteiger partial charge is 0.220 e. The lowest BCUT2D eigenvalue weighted by molar-refractivity contribution is -0.244. The van der Waals surface area contributed by atoms with Gasteiger partial charge in [0.25, 0.3) is 0 Å². The summed E-state index contributed by atoms with van der Waals surface area (Å²) < 4.78 is 82.6. The van der Waals surface area contributed by atoms with Gasteiger partial charge in [0.05, 0.1) is 164 Å². The summed E-state index contributed by atoms with van der Waals surface area (Å²) in [6, 6.07) is -2.68. The van der Waals surface area contributed by atoms with Gasteiger partial charge in [-0.05, 0) is 25.7 Å². The molecule has 0 saturated carbocycles. The number of carbonyl (C=O) groups is 3. The maximum atomic E-state index is 13.1. The molecule has 0 aliphatic carbocycles. The summed E-state index contributed by atoms with van der Waals surface area (Å²) >= 11 is 0. The first-order valence-electron chi connectivity index (χ1n) is 32.8. The Labute approximate surface area is 562 Å². The summed E-state index contributed by atoms with van der Waals surface area (Å²) in [7, 11) is 0. The van der Waals surface area contributed by atoms with Crippen molar-refractivity contribution >= 4 is 23.4 Å². The molecule has 0 unspecified atom stereocenters. The van der Waals surface area contributed by atoms with Crippen LogP contribution in [0, 0.1) is 0 Å². The molecule has 0 radical (unpaired) electrons. The topological polar surface area (TPSA) is 526 Å². The average Bonchev–Trinajstić information content (AvgIpc) is 1.58. The first-order valence-corrected chi connectivity index (χ1v) is 32.8. The number of anilines is 1. The molecule has 14 N–H and O–H groups in total. The zero-order chi connectivity index (χ0) is 69.6. The highest BCUT2D eigenvalue weighted by Gasteiger charge is 2.62. The van der Waals surface area contributed by atoms with Crippen LogP contribution in [0.3, 0.4) is 0 Å². The van der Waals surface area contributed by atoms with Crippen LogP contribution in [0.15, 0.2) is 18.6 Å². The van der Waals surface area contributed by atoms with Crippen LogP contribution in [-0.4, -0.2) is 338 Å². The van der Waals surface area contributed by atoms with Crippen LogP contribution in [0.25, 0.3) is 0 Å². The van der Waals surface area contributed by atoms with Gasteiger partial charge in [0, 0.05) is 50.9 Å². The fraction of sp³-hybridized carbons (Fsp3) is 0.845. The third kappa shape index (κ3) is 20.3. The molecular weight excluding hydrogens is 1310 g/mol. The molecule has 6 saturated heterocycles. The maximum absolute atomic E-state index is 13.1. The van der Waals surface area contributed by atoms with Crippen LogP contribution in [0.1, 0.15) is 80.9 Å². The number of aliphatic hydroxyl groups excluding tert-OH is 9. The highest BCUT2D eigenvalue weighted by atomic mass is 16.8. The van der Waals surface area contributed by atoms with Gasteiger partial charge < -0.3 is 129 Å². The monoisotopic (exact) mass is 1410 g/mol. The van der Waals surface area contributed by atoms with E-state index in [-0.39, 0.29) is 207 Å². The number of amides is 2. The van der Waals surface area contributed by atoms with Gasteiger partial charge in [-0.2, -0.15) is 0 Å². The van der Waals surface area contributed by atoms with Gasteiger partial charge in [0.1, 0.15) is 88.7 Å². The van der Waals surface area contributed by atoms with Crippen molar-refractivity contribution in [3.05, 3.63) is 30.0 Å². The predicted molar refractivity (Wildman–Crippen MR) is 324 cm³/mol. The SMILES string of the molecule is NC(CCC(=O)CCCOCCOCCONc1cn([C@H]2[C@H]3OC[C@](CO)(O3)[C@H](O)[C@@H]2O)nn1)(CCC(=O)NCCOCCOCCOCc1cn([C@H]2[C@H]3OC[C@](CO)(O3)[C@H](O)[C@@H]2O)nn1)CCC(=O)NCCOCCOCCOCc1cn([C@H]2[C@H]3OC[C@](CO)(O3)[C@H](O)[C@@H]2O)nn1. The Morgan fingerprint density at radius 1 is 0.490 bits per heavy atom. The molecular formula is C58H95N13O27. The van der Waals surface area contributed by atoms with Crippen molar-refractivity contribution in [2.24, 2.45) is 5.73 Å². The average molecular weight is 1410 g/mol. The van der Waals surface area contributed by atoms with E-state index < -0.39 is 116 Å². The van der Waals surface area contributed by atoms with E-state index >= 15 is 0 Å². The Balaban J connectivity index is 0.600. The van der Waals surface area contributed by atoms with E-state index in [4.69, 9.17) is 76.9 Å². The number of Topliss-reactive ketones (excluding diaryl/α,β-unsaturated/α-hetero) is 1. The number of fused-ring (bicyclic) bond motifs is 6. The lowest BCUT2D eigenvalue weighted by Gasteiger charge is -2.41. The molecule has 6 aliphatic heterocycles. The number of ketones is 1. The van der Waals surface area contributed by atoms with Gasteiger partial charge in [-0.15, -0.1) is 15.3 Å². The molecule has 6 aliphatic rings. The molecule has 0 aromatic carbocycles. The standard InChI is InChI=1S/C58H95N13O27/c59-55(6-3-39(75)2-1-11-84-14-17-89-24-25-95-65-40-28-71(68-64-40)45-48(80)51(83)58(33-74)36-94-54(45)98-58,7-4-41(76)60-9-12-85-15-18-87-20-22-90-29-37-26-69(66-62-37)43-46(78)49(81)56(31-72)34-92-52(43)96-56)8-5-42(77)61-10-13-86-16-19-88-21-23-91-30-38-27-70(67-63-38)44-47(79)50(82)57(32-73)35-93-53(44)97-57/h26-28,43-54,65,72-74,78-83H,1-25,29-36,59H2,(H,60,76)(H,61,77)/t43-,44-,45-,46-,47-,48-,49-,50-,51-,52+,53+,54+,56+,57+,58+/m1/s1. The molecule has 554 valence electrons. The van der Waals surface area contributed by atoms with Gasteiger partial charge in [-0.3, -0.25) is 19.2 Å². The van der Waals surface area contributed by atoms with Gasteiger partial charge in [-0.25, -0.2) is 19.5 Å². The number of aromatic nitrogens is 9. The third-order valence-corrected chi connectivity index (χ3v) is 17.7. The first kappa shape index (κ1) is 77.0. The molecule has 3 aromatic heterocycles. The van der Waals surface area contributed by atoms with Crippen molar-refractivity contribution < 1.29 is 131 Å². The molecule has 2 amide bonds. The highest BCUT2D eigenvalue weighted by molar-refractivity contribution is 5.79. The second kappa shape index (κ2) is 37.7. The van der Waals surface area contributed by atoms with Crippen LogP contribution in [0.5, 0.6) is 0 Å². The van der Waals surface area contributed by atoms with E-state index in [9.17, 15) is 60.3 Å². The Bertz CT molecular complexity index is 2590. The number of ether oxygens (including phenoxy) is 14. The van der Waals surface area contributed by atoms with E-state index in [2.05, 4.69) is 47.0 Å². The summed E-state index contributed by atoms with van der Waals surface area (Å²) in [5.41, 5.74) is 5.22. The number of nitrogens with two attached hydrogens (primary N) is 1. The van der Waals surface area contributed by atoms with Crippen molar-refractivity contribution in [1.29, 1.82) is 0 Å². The first-order chi connectivity index (χ1) is 47.4. The van der Waals surface area contributed by atoms with Gasteiger partial charge in [0.2, 0.25) is 11.8 Å². The van der Waals surface area contributed by atoms with Crippen molar-refractivity contribution in [2.75, 3.05) is 157 Å². The summed E-state index contributed by atoms with van der Waals surface area (Å²) in [6.07, 6.45) is -4.93. The predicted octanol–water partition coefficient (Wildman–Crippen LogP) is -6.90. The molecule has 15 atom stereocenters. The van der Waals surface area contributed by atoms with Gasteiger partial charge in [0.15, 0.2) is 24.7 Å². The van der Waals surface area contributed by atoms with Crippen LogP contribution in [0.4, 0.5) is 5.82 Å². The van der Waals surface area contributed by atoms with Crippen molar-refractivity contribution in [1.82, 2.24) is 55.6 Å². The van der Waals surface area contributed by atoms with Crippen molar-refractivity contribution in [2.45, 2.75) is 161 Å². The lowest BCUT2D eigenvalue weighted by Crippen LogP contribution is -2.60. The molecule has 9 rings (SSSR count). The minimum Gasteiger partial charge on any atom is -0.393 e. The zero-order valence-electron chi connectivity index (χ0n) is 54.5. The number of hydrogen-bond donors (Lipinski definition) is 13. The normalized spacial score (nSPS) is 29.6. The van der Waals surface area contributed by atoms with E-state index in [0.717, 1.165) is 0 Å². The molecule has 3 aromatic rings. The molecule has 6 bridgehead atoms. The Hall–Kier alpha value is -5.17. The fourth-order valence-corrected chi connectivity index (χ4v) is 11.9. The van der Waals surface area contributed by atoms with Gasteiger partial charge >= 0.3 is 0 Å². The number of carbonyl (C=O) groups excluding carboxylic acids is 3. The van der Waals surface area contributed by atoms with E-state index in [1.165, 1.54) is 20.2 Å². The minimum absolute atomic E-state index is 0.0381. The molecule has 9 heterocycles. The second-order valence-corrected chi connectivity index (χ2v) is 24.7. The van der Waals surface area contributed by atoms with Crippen LogP contribution in [-0.2, 0) is 98.8 Å². The van der Waals surface area contributed by atoms with Crippen LogP contribution >= 0.6 is 0 Å². The molecule has 6 fully saturated rings. The largest absolute Gasteiger partial charge is 0.393 e. The van der Waals surface area contributed by atoms with E-state index in [1.807, 2.05) is 0 Å². The third-order valence-electron chi connectivity index (χ3n) is 17.7. The molecule has 98 heavy (non-hydrogen) atoms. The maximum Gasteiger partial charge on any atom is 0.220 e. The second-order valence-electron chi connectivity index (χ2n) is 24.7. The number of nitrogens with zero attached hydrogens (tertiary/aromatic N) is 9. The van der Waals surface area contributed by atoms with Crippen molar-refractivity contribution in [3.8, 4) is 0 Å². The fourth-order valence-electron chi connectivity index (χ4n) is 11.9. The van der Waals surface area contributed by atoms with Crippen molar-refractivity contribution in [3.63, 3.8) is 0 Å². The number of hydrogen-bond acceptors (Lipinski definition) is 35. The zero-order valence-corrected chi connectivity index (χ0v) is 54.5. The Kier molecular flexibility index (Phi) is 29.6. The molecule has 40 nitrogen and oxygen atoms in total. The summed E-state index contributed by atoms with van der Waals surface area (Å²) in [6.45, 7) is 2.40. The number of rotatable bonds is 49. The van der Waals surface area contributed by atoms with Crippen LogP contribution < -0.4 is 21.8 Å². The molecule has 40 heteroatoms.